The zero-order valence-corrected chi connectivity index (χ0v) is 19.0. The lowest BCUT2D eigenvalue weighted by atomic mass is 10.1. The average molecular weight is 477 g/mol. The molecule has 4 rings (SSSR count). The number of rotatable bonds is 6. The Bertz CT molecular complexity index is 1400. The SMILES string of the molecule is CN(CCO)c1cc2sc3cc(/C=C(\C#N)c4ccc(S(=O)(=O)O)cc4)sc3c2s1. The highest BCUT2D eigenvalue weighted by Gasteiger charge is 2.15. The van der Waals surface area contributed by atoms with Crippen LogP contribution in [0.2, 0.25) is 0 Å². The molecule has 0 saturated carbocycles. The largest absolute Gasteiger partial charge is 0.395 e. The summed E-state index contributed by atoms with van der Waals surface area (Å²) < 4.78 is 36.2. The van der Waals surface area contributed by atoms with Crippen LogP contribution in [0.25, 0.3) is 30.4 Å². The molecule has 4 aromatic rings. The van der Waals surface area contributed by atoms with Gasteiger partial charge in [0.25, 0.3) is 10.1 Å². The monoisotopic (exact) mass is 476 g/mol. The van der Waals surface area contributed by atoms with Crippen LogP contribution in [-0.4, -0.2) is 38.3 Å². The van der Waals surface area contributed by atoms with Crippen molar-refractivity contribution < 1.29 is 18.1 Å². The molecule has 10 heteroatoms. The maximum absolute atomic E-state index is 11.2. The second-order valence-electron chi connectivity index (χ2n) is 6.54. The first-order chi connectivity index (χ1) is 14.3. The predicted octanol–water partition coefficient (Wildman–Crippen LogP) is 4.92. The van der Waals surface area contributed by atoms with Gasteiger partial charge in [0.05, 0.1) is 37.5 Å². The number of benzene rings is 1. The summed E-state index contributed by atoms with van der Waals surface area (Å²) in [6.45, 7) is 0.685. The van der Waals surface area contributed by atoms with Crippen molar-refractivity contribution in [2.24, 2.45) is 0 Å². The van der Waals surface area contributed by atoms with Gasteiger partial charge in [-0.1, -0.05) is 12.1 Å². The summed E-state index contributed by atoms with van der Waals surface area (Å²) in [5.41, 5.74) is 0.993. The fourth-order valence-corrected chi connectivity index (χ4v) is 7.43. The van der Waals surface area contributed by atoms with Crippen LogP contribution in [0, 0.1) is 11.3 Å². The smallest absolute Gasteiger partial charge is 0.294 e. The molecule has 6 nitrogen and oxygen atoms in total. The van der Waals surface area contributed by atoms with Crippen molar-refractivity contribution in [3.05, 3.63) is 46.8 Å². The van der Waals surface area contributed by atoms with Crippen molar-refractivity contribution in [1.29, 1.82) is 5.26 Å². The topological polar surface area (TPSA) is 102 Å². The summed E-state index contributed by atoms with van der Waals surface area (Å²) in [5.74, 6) is 0. The van der Waals surface area contributed by atoms with Gasteiger partial charge < -0.3 is 10.0 Å². The Morgan fingerprint density at radius 1 is 1.13 bits per heavy atom. The van der Waals surface area contributed by atoms with Crippen LogP contribution < -0.4 is 4.90 Å². The normalized spacial score (nSPS) is 12.5. The standard InChI is InChI=1S/C20H16N2O4S4/c1-22(6-7-23)18-10-17-20(29-18)19-16(28-17)9-14(27-19)8-13(11-21)12-2-4-15(5-3-12)30(24,25)26/h2-5,8-10,23H,6-7H2,1H3,(H,24,25,26)/b13-8+. The van der Waals surface area contributed by atoms with Gasteiger partial charge in [0.15, 0.2) is 0 Å². The first-order valence-electron chi connectivity index (χ1n) is 8.78. The Morgan fingerprint density at radius 3 is 2.43 bits per heavy atom. The number of thiophene rings is 3. The number of nitrogens with zero attached hydrogens (tertiary/aromatic N) is 2. The molecule has 0 aliphatic heterocycles. The molecular weight excluding hydrogens is 460 g/mol. The maximum atomic E-state index is 11.2. The average Bonchev–Trinajstić information content (AvgIpc) is 3.36. The third kappa shape index (κ3) is 4.00. The molecule has 154 valence electrons. The first kappa shape index (κ1) is 21.0. The van der Waals surface area contributed by atoms with Crippen molar-refractivity contribution in [3.8, 4) is 6.07 Å². The van der Waals surface area contributed by atoms with E-state index in [4.69, 9.17) is 9.66 Å². The van der Waals surface area contributed by atoms with E-state index in [1.165, 1.54) is 38.4 Å². The van der Waals surface area contributed by atoms with Crippen LogP contribution in [0.15, 0.2) is 41.3 Å². The summed E-state index contributed by atoms with van der Waals surface area (Å²) in [6, 6.07) is 11.9. The number of allylic oxidation sites excluding steroid dienone is 1. The molecular formula is C20H16N2O4S4. The van der Waals surface area contributed by atoms with E-state index >= 15 is 0 Å². The minimum absolute atomic E-state index is 0.105. The highest BCUT2D eigenvalue weighted by atomic mass is 32.2. The lowest BCUT2D eigenvalue weighted by Gasteiger charge is -2.14. The minimum Gasteiger partial charge on any atom is -0.395 e. The Labute approximate surface area is 185 Å². The van der Waals surface area contributed by atoms with Crippen LogP contribution in [0.4, 0.5) is 5.00 Å². The van der Waals surface area contributed by atoms with E-state index in [0.29, 0.717) is 17.7 Å². The summed E-state index contributed by atoms with van der Waals surface area (Å²) in [5, 5.41) is 19.8. The Hall–Kier alpha value is -2.26. The highest BCUT2D eigenvalue weighted by molar-refractivity contribution is 7.85. The van der Waals surface area contributed by atoms with Crippen molar-refractivity contribution in [3.63, 3.8) is 0 Å². The number of anilines is 1. The van der Waals surface area contributed by atoms with Gasteiger partial charge in [-0.05, 0) is 35.9 Å². The van der Waals surface area contributed by atoms with E-state index in [-0.39, 0.29) is 11.5 Å². The van der Waals surface area contributed by atoms with Crippen LogP contribution in [-0.2, 0) is 10.1 Å². The van der Waals surface area contributed by atoms with Crippen molar-refractivity contribution in [1.82, 2.24) is 0 Å². The van der Waals surface area contributed by atoms with Gasteiger partial charge in [-0.3, -0.25) is 4.55 Å². The summed E-state index contributed by atoms with van der Waals surface area (Å²) in [7, 11) is -2.31. The quantitative estimate of drug-likeness (QED) is 0.303. The van der Waals surface area contributed by atoms with E-state index in [2.05, 4.69) is 18.2 Å². The van der Waals surface area contributed by atoms with Gasteiger partial charge in [-0.15, -0.1) is 34.0 Å². The van der Waals surface area contributed by atoms with Gasteiger partial charge in [0.1, 0.15) is 0 Å². The molecule has 0 saturated heterocycles. The van der Waals surface area contributed by atoms with E-state index < -0.39 is 10.1 Å². The molecule has 1 aromatic carbocycles. The number of fused-ring (bicyclic) bond motifs is 3. The van der Waals surface area contributed by atoms with Crippen LogP contribution in [0.3, 0.4) is 0 Å². The Balaban J connectivity index is 1.69. The lowest BCUT2D eigenvalue weighted by molar-refractivity contribution is 0.304. The minimum atomic E-state index is -4.26. The summed E-state index contributed by atoms with van der Waals surface area (Å²) >= 11 is 5.00. The molecule has 0 aliphatic carbocycles. The molecule has 0 amide bonds. The van der Waals surface area contributed by atoms with Crippen LogP contribution in [0.1, 0.15) is 10.4 Å². The predicted molar refractivity (Wildman–Crippen MR) is 125 cm³/mol. The lowest BCUT2D eigenvalue weighted by Crippen LogP contribution is -2.19. The third-order valence-electron chi connectivity index (χ3n) is 4.51. The number of hydrogen-bond donors (Lipinski definition) is 2. The Morgan fingerprint density at radius 2 is 1.80 bits per heavy atom. The molecule has 30 heavy (non-hydrogen) atoms. The van der Waals surface area contributed by atoms with Crippen LogP contribution >= 0.6 is 34.0 Å². The third-order valence-corrected chi connectivity index (χ3v) is 9.22. The second kappa shape index (κ2) is 8.11. The van der Waals surface area contributed by atoms with E-state index in [1.807, 2.05) is 11.9 Å². The van der Waals surface area contributed by atoms with Crippen molar-refractivity contribution in [2.45, 2.75) is 4.90 Å². The fourth-order valence-electron chi connectivity index (χ4n) is 2.99. The number of likely N-dealkylation sites (N-methyl/N-ethyl adjacent to an activating group) is 1. The summed E-state index contributed by atoms with van der Waals surface area (Å²) in [4.78, 5) is 2.76. The fraction of sp³-hybridized carbons (Fsp3) is 0.150. The van der Waals surface area contributed by atoms with Gasteiger partial charge in [-0.25, -0.2) is 0 Å². The number of hydrogen-bond acceptors (Lipinski definition) is 8. The van der Waals surface area contributed by atoms with Gasteiger partial charge >= 0.3 is 0 Å². The van der Waals surface area contributed by atoms with Gasteiger partial charge in [0.2, 0.25) is 0 Å². The van der Waals surface area contributed by atoms with E-state index in [0.717, 1.165) is 14.6 Å². The van der Waals surface area contributed by atoms with E-state index in [9.17, 15) is 13.7 Å². The van der Waals surface area contributed by atoms with E-state index in [1.54, 1.807) is 40.1 Å². The van der Waals surface area contributed by atoms with Gasteiger partial charge in [0, 0.05) is 27.9 Å². The molecule has 0 aliphatic rings. The highest BCUT2D eigenvalue weighted by Crippen LogP contribution is 2.46. The molecule has 3 heterocycles. The van der Waals surface area contributed by atoms with Crippen molar-refractivity contribution >= 4 is 79.6 Å². The molecule has 0 bridgehead atoms. The molecule has 0 spiro atoms. The summed E-state index contributed by atoms with van der Waals surface area (Å²) in [6.07, 6.45) is 1.79. The zero-order chi connectivity index (χ0) is 21.5. The molecule has 0 atom stereocenters. The second-order valence-corrected chi connectivity index (χ2v) is 11.2. The van der Waals surface area contributed by atoms with Crippen LogP contribution in [0.5, 0.6) is 0 Å². The molecule has 0 fully saturated rings. The zero-order valence-electron chi connectivity index (χ0n) is 15.7. The Kier molecular flexibility index (Phi) is 5.67. The molecule has 0 radical (unpaired) electrons. The number of nitriles is 1. The molecule has 2 N–H and O–H groups in total. The molecule has 3 aromatic heterocycles. The maximum Gasteiger partial charge on any atom is 0.294 e. The van der Waals surface area contributed by atoms with Crippen molar-refractivity contribution in [2.75, 3.05) is 25.1 Å². The first-order valence-corrected chi connectivity index (χ1v) is 12.7. The number of aliphatic hydroxyl groups is 1. The number of aliphatic hydroxyl groups excluding tert-OH is 1. The molecule has 0 unspecified atom stereocenters. The van der Waals surface area contributed by atoms with Gasteiger partial charge in [-0.2, -0.15) is 13.7 Å².